The molecule has 2 N–H and O–H groups in total. The summed E-state index contributed by atoms with van der Waals surface area (Å²) in [5.41, 5.74) is 5.69. The van der Waals surface area contributed by atoms with Crippen LogP contribution in [0.15, 0.2) is 24.3 Å². The monoisotopic (exact) mass is 308 g/mol. The van der Waals surface area contributed by atoms with Crippen molar-refractivity contribution < 1.29 is 0 Å². The molecule has 23 heavy (non-hydrogen) atoms. The first-order valence-electron chi connectivity index (χ1n) is 8.13. The summed E-state index contributed by atoms with van der Waals surface area (Å²) in [6.45, 7) is 10.6. The first-order chi connectivity index (χ1) is 10.9. The van der Waals surface area contributed by atoms with Crippen molar-refractivity contribution in [2.24, 2.45) is 5.92 Å². The largest absolute Gasteiger partial charge is 0.343 e. The third-order valence-corrected chi connectivity index (χ3v) is 4.01. The average Bonchev–Trinajstić information content (AvgIpc) is 2.74. The van der Waals surface area contributed by atoms with Crippen LogP contribution in [0.4, 0.5) is 11.5 Å². The fraction of sp³-hybridized carbons (Fsp3) is 0.368. The molecule has 3 rings (SSSR count). The zero-order chi connectivity index (χ0) is 16.6. The van der Waals surface area contributed by atoms with Crippen molar-refractivity contribution in [3.8, 4) is 0 Å². The van der Waals surface area contributed by atoms with E-state index in [1.165, 1.54) is 16.8 Å². The second-order valence-corrected chi connectivity index (χ2v) is 6.66. The molecule has 0 aliphatic carbocycles. The zero-order valence-corrected chi connectivity index (χ0v) is 14.5. The SMILES string of the molecule is Cc1cccc(Nc2nc(C)nc3[nH]c(CC(C)C)c(C)c23)c1. The van der Waals surface area contributed by atoms with Crippen LogP contribution >= 0.6 is 0 Å². The molecule has 0 radical (unpaired) electrons. The van der Waals surface area contributed by atoms with Crippen molar-refractivity contribution in [3.05, 3.63) is 46.9 Å². The molecule has 0 atom stereocenters. The summed E-state index contributed by atoms with van der Waals surface area (Å²) in [7, 11) is 0. The van der Waals surface area contributed by atoms with E-state index in [9.17, 15) is 0 Å². The minimum absolute atomic E-state index is 0.601. The summed E-state index contributed by atoms with van der Waals surface area (Å²) in [6.07, 6.45) is 1.02. The fourth-order valence-corrected chi connectivity index (χ4v) is 2.97. The molecule has 0 spiro atoms. The molecule has 3 aromatic rings. The number of nitrogens with one attached hydrogen (secondary N) is 2. The Bertz CT molecular complexity index is 846. The van der Waals surface area contributed by atoms with Crippen LogP contribution in [0.5, 0.6) is 0 Å². The van der Waals surface area contributed by atoms with Crippen molar-refractivity contribution in [1.29, 1.82) is 0 Å². The van der Waals surface area contributed by atoms with Crippen LogP contribution in [0, 0.1) is 26.7 Å². The van der Waals surface area contributed by atoms with E-state index in [2.05, 4.69) is 72.2 Å². The molecule has 1 aromatic carbocycles. The van der Waals surface area contributed by atoms with Gasteiger partial charge in [-0.3, -0.25) is 0 Å². The molecule has 0 unspecified atom stereocenters. The van der Waals surface area contributed by atoms with E-state index >= 15 is 0 Å². The second kappa shape index (κ2) is 6.03. The maximum atomic E-state index is 4.64. The van der Waals surface area contributed by atoms with Crippen molar-refractivity contribution in [2.45, 2.75) is 41.0 Å². The number of hydrogen-bond acceptors (Lipinski definition) is 3. The molecule has 0 aliphatic rings. The summed E-state index contributed by atoms with van der Waals surface area (Å²) in [4.78, 5) is 12.7. The lowest BCUT2D eigenvalue weighted by Gasteiger charge is -2.09. The number of rotatable bonds is 4. The Balaban J connectivity index is 2.10. The molecule has 4 heteroatoms. The molecule has 2 aromatic heterocycles. The number of aromatic amines is 1. The van der Waals surface area contributed by atoms with Crippen LogP contribution in [-0.2, 0) is 6.42 Å². The summed E-state index contributed by atoms with van der Waals surface area (Å²) in [5.74, 6) is 2.25. The van der Waals surface area contributed by atoms with Gasteiger partial charge in [-0.25, -0.2) is 9.97 Å². The second-order valence-electron chi connectivity index (χ2n) is 6.66. The minimum Gasteiger partial charge on any atom is -0.343 e. The Hall–Kier alpha value is -2.36. The van der Waals surface area contributed by atoms with E-state index < -0.39 is 0 Å². The standard InChI is InChI=1S/C19H24N4/c1-11(2)9-16-13(4)17-18(20-14(5)21-19(17)23-16)22-15-8-6-7-12(3)10-15/h6-8,10-11H,9H2,1-5H3,(H2,20,21,22,23). The third kappa shape index (κ3) is 3.21. The van der Waals surface area contributed by atoms with Gasteiger partial charge in [-0.2, -0.15) is 0 Å². The molecule has 0 saturated heterocycles. The van der Waals surface area contributed by atoms with E-state index in [4.69, 9.17) is 0 Å². The summed E-state index contributed by atoms with van der Waals surface area (Å²) < 4.78 is 0. The van der Waals surface area contributed by atoms with Crippen LogP contribution in [0.2, 0.25) is 0 Å². The van der Waals surface area contributed by atoms with Gasteiger partial charge in [0, 0.05) is 11.4 Å². The highest BCUT2D eigenvalue weighted by atomic mass is 15.1. The molecular weight excluding hydrogens is 284 g/mol. The van der Waals surface area contributed by atoms with E-state index in [-0.39, 0.29) is 0 Å². The summed E-state index contributed by atoms with van der Waals surface area (Å²) in [5, 5.41) is 4.56. The lowest BCUT2D eigenvalue weighted by atomic mass is 10.0. The minimum atomic E-state index is 0.601. The number of nitrogens with zero attached hydrogens (tertiary/aromatic N) is 2. The lowest BCUT2D eigenvalue weighted by Crippen LogP contribution is -1.99. The van der Waals surface area contributed by atoms with Gasteiger partial charge in [0.15, 0.2) is 0 Å². The number of aromatic nitrogens is 3. The average molecular weight is 308 g/mol. The topological polar surface area (TPSA) is 53.6 Å². The third-order valence-electron chi connectivity index (χ3n) is 4.01. The molecule has 4 nitrogen and oxygen atoms in total. The van der Waals surface area contributed by atoms with Gasteiger partial charge in [-0.05, 0) is 56.4 Å². The molecule has 0 amide bonds. The fourth-order valence-electron chi connectivity index (χ4n) is 2.97. The quantitative estimate of drug-likeness (QED) is 0.726. The Morgan fingerprint density at radius 1 is 1.13 bits per heavy atom. The van der Waals surface area contributed by atoms with Crippen molar-refractivity contribution in [3.63, 3.8) is 0 Å². The van der Waals surface area contributed by atoms with Crippen molar-refractivity contribution >= 4 is 22.5 Å². The van der Waals surface area contributed by atoms with Gasteiger partial charge in [-0.1, -0.05) is 26.0 Å². The molecule has 0 bridgehead atoms. The highest BCUT2D eigenvalue weighted by Gasteiger charge is 2.15. The first kappa shape index (κ1) is 15.5. The van der Waals surface area contributed by atoms with Crippen LogP contribution in [-0.4, -0.2) is 15.0 Å². The predicted molar refractivity (Wildman–Crippen MR) is 96.4 cm³/mol. The van der Waals surface area contributed by atoms with Gasteiger partial charge in [0.05, 0.1) is 5.39 Å². The van der Waals surface area contributed by atoms with E-state index in [0.29, 0.717) is 5.92 Å². The van der Waals surface area contributed by atoms with Gasteiger partial charge in [0.2, 0.25) is 0 Å². The van der Waals surface area contributed by atoms with Crippen LogP contribution in [0.1, 0.15) is 36.5 Å². The van der Waals surface area contributed by atoms with Crippen molar-refractivity contribution in [2.75, 3.05) is 5.32 Å². The maximum Gasteiger partial charge on any atom is 0.143 e. The van der Waals surface area contributed by atoms with Gasteiger partial charge in [0.1, 0.15) is 17.3 Å². The molecule has 120 valence electrons. The van der Waals surface area contributed by atoms with Gasteiger partial charge in [-0.15, -0.1) is 0 Å². The summed E-state index contributed by atoms with van der Waals surface area (Å²) >= 11 is 0. The Labute approximate surface area is 137 Å². The number of hydrogen-bond donors (Lipinski definition) is 2. The zero-order valence-electron chi connectivity index (χ0n) is 14.5. The van der Waals surface area contributed by atoms with E-state index in [1.807, 2.05) is 6.92 Å². The Kier molecular flexibility index (Phi) is 4.07. The molecule has 0 aliphatic heterocycles. The van der Waals surface area contributed by atoms with Crippen molar-refractivity contribution in [1.82, 2.24) is 15.0 Å². The highest BCUT2D eigenvalue weighted by molar-refractivity contribution is 5.93. The number of anilines is 2. The molecular formula is C19H24N4. The van der Waals surface area contributed by atoms with Crippen LogP contribution in [0.3, 0.4) is 0 Å². The van der Waals surface area contributed by atoms with Crippen LogP contribution < -0.4 is 5.32 Å². The van der Waals surface area contributed by atoms with Gasteiger partial charge >= 0.3 is 0 Å². The normalized spacial score (nSPS) is 11.4. The number of fused-ring (bicyclic) bond motifs is 1. The van der Waals surface area contributed by atoms with Gasteiger partial charge in [0.25, 0.3) is 0 Å². The maximum absolute atomic E-state index is 4.64. The number of benzene rings is 1. The summed E-state index contributed by atoms with van der Waals surface area (Å²) in [6, 6.07) is 8.33. The smallest absolute Gasteiger partial charge is 0.143 e. The highest BCUT2D eigenvalue weighted by Crippen LogP contribution is 2.30. The molecule has 2 heterocycles. The lowest BCUT2D eigenvalue weighted by molar-refractivity contribution is 0.636. The Morgan fingerprint density at radius 3 is 2.61 bits per heavy atom. The number of H-pyrrole nitrogens is 1. The molecule has 0 saturated carbocycles. The van der Waals surface area contributed by atoms with Gasteiger partial charge < -0.3 is 10.3 Å². The van der Waals surface area contributed by atoms with E-state index in [0.717, 1.165) is 34.8 Å². The van der Waals surface area contributed by atoms with E-state index in [1.54, 1.807) is 0 Å². The first-order valence-corrected chi connectivity index (χ1v) is 8.13. The van der Waals surface area contributed by atoms with Crippen LogP contribution in [0.25, 0.3) is 11.0 Å². The number of aryl methyl sites for hydroxylation is 3. The molecule has 0 fully saturated rings. The Morgan fingerprint density at radius 2 is 1.91 bits per heavy atom. The predicted octanol–water partition coefficient (Wildman–Crippen LogP) is 4.83.